The lowest BCUT2D eigenvalue weighted by Gasteiger charge is -2.23. The zero-order valence-electron chi connectivity index (χ0n) is 13.5. The van der Waals surface area contributed by atoms with Crippen LogP contribution in [0, 0.1) is 0 Å². The molecular weight excluding hydrogens is 405 g/mol. The van der Waals surface area contributed by atoms with E-state index >= 15 is 0 Å². The van der Waals surface area contributed by atoms with Gasteiger partial charge in [0.05, 0.1) is 10.9 Å². The second-order valence-electron chi connectivity index (χ2n) is 5.56. The fourth-order valence-corrected chi connectivity index (χ4v) is 3.64. The summed E-state index contributed by atoms with van der Waals surface area (Å²) in [6, 6.07) is 9.81. The number of carbonyl (C=O) groups excluding carboxylic acids is 2. The Bertz CT molecular complexity index is 875. The van der Waals surface area contributed by atoms with Gasteiger partial charge in [-0.2, -0.15) is 0 Å². The SMILES string of the molecule is O=C(CC1Sc2ccc(Cl)cc2NC1=O)Nc1ccc(OC(F)(F)F)cc1. The van der Waals surface area contributed by atoms with E-state index in [1.807, 2.05) is 0 Å². The van der Waals surface area contributed by atoms with Gasteiger partial charge in [0.1, 0.15) is 5.75 Å². The van der Waals surface area contributed by atoms with Crippen LogP contribution >= 0.6 is 23.4 Å². The first kappa shape index (κ1) is 19.4. The number of amides is 2. The van der Waals surface area contributed by atoms with Crippen LogP contribution in [-0.4, -0.2) is 23.4 Å². The van der Waals surface area contributed by atoms with Crippen LogP contribution in [0.3, 0.4) is 0 Å². The molecule has 0 aliphatic carbocycles. The van der Waals surface area contributed by atoms with Crippen molar-refractivity contribution in [3.63, 3.8) is 0 Å². The van der Waals surface area contributed by atoms with Crippen LogP contribution in [0.25, 0.3) is 0 Å². The minimum atomic E-state index is -4.78. The van der Waals surface area contributed by atoms with Gasteiger partial charge in [-0.3, -0.25) is 9.59 Å². The summed E-state index contributed by atoms with van der Waals surface area (Å²) in [6.07, 6.45) is -4.88. The molecule has 1 aliphatic heterocycles. The van der Waals surface area contributed by atoms with Crippen molar-refractivity contribution in [3.8, 4) is 5.75 Å². The Morgan fingerprint density at radius 3 is 2.59 bits per heavy atom. The molecule has 0 saturated carbocycles. The molecule has 0 bridgehead atoms. The van der Waals surface area contributed by atoms with E-state index in [1.54, 1.807) is 18.2 Å². The van der Waals surface area contributed by atoms with Crippen molar-refractivity contribution in [3.05, 3.63) is 47.5 Å². The van der Waals surface area contributed by atoms with Crippen LogP contribution in [-0.2, 0) is 9.59 Å². The van der Waals surface area contributed by atoms with E-state index < -0.39 is 23.3 Å². The summed E-state index contributed by atoms with van der Waals surface area (Å²) < 4.78 is 40.2. The molecule has 2 amide bonds. The smallest absolute Gasteiger partial charge is 0.406 e. The summed E-state index contributed by atoms with van der Waals surface area (Å²) >= 11 is 7.13. The maximum Gasteiger partial charge on any atom is 0.573 e. The minimum Gasteiger partial charge on any atom is -0.406 e. The van der Waals surface area contributed by atoms with Crippen molar-refractivity contribution in [2.24, 2.45) is 0 Å². The lowest BCUT2D eigenvalue weighted by Crippen LogP contribution is -2.32. The van der Waals surface area contributed by atoms with Gasteiger partial charge >= 0.3 is 6.36 Å². The molecule has 1 heterocycles. The molecule has 5 nitrogen and oxygen atoms in total. The van der Waals surface area contributed by atoms with E-state index in [0.29, 0.717) is 16.4 Å². The van der Waals surface area contributed by atoms with Crippen molar-refractivity contribution in [1.29, 1.82) is 0 Å². The molecule has 2 aromatic rings. The average molecular weight is 417 g/mol. The van der Waals surface area contributed by atoms with Crippen LogP contribution in [0.15, 0.2) is 47.4 Å². The van der Waals surface area contributed by atoms with Crippen molar-refractivity contribution in [2.75, 3.05) is 10.6 Å². The van der Waals surface area contributed by atoms with Crippen LogP contribution in [0.2, 0.25) is 5.02 Å². The summed E-state index contributed by atoms with van der Waals surface area (Å²) in [7, 11) is 0. The third-order valence-corrected chi connectivity index (χ3v) is 5.01. The van der Waals surface area contributed by atoms with Crippen molar-refractivity contribution < 1.29 is 27.5 Å². The van der Waals surface area contributed by atoms with Crippen molar-refractivity contribution in [2.45, 2.75) is 22.9 Å². The third-order valence-electron chi connectivity index (χ3n) is 3.50. The number of nitrogens with one attached hydrogen (secondary N) is 2. The number of rotatable bonds is 4. The van der Waals surface area contributed by atoms with E-state index in [2.05, 4.69) is 15.4 Å². The highest BCUT2D eigenvalue weighted by molar-refractivity contribution is 8.01. The molecule has 0 saturated heterocycles. The molecule has 0 fully saturated rings. The molecule has 10 heteroatoms. The van der Waals surface area contributed by atoms with E-state index in [1.165, 1.54) is 23.9 Å². The molecule has 1 aliphatic rings. The van der Waals surface area contributed by atoms with Gasteiger partial charge in [-0.05, 0) is 42.5 Å². The first-order valence-electron chi connectivity index (χ1n) is 7.62. The van der Waals surface area contributed by atoms with Gasteiger partial charge in [0.25, 0.3) is 0 Å². The highest BCUT2D eigenvalue weighted by Gasteiger charge is 2.31. The molecule has 27 heavy (non-hydrogen) atoms. The molecule has 0 spiro atoms. The normalized spacial score (nSPS) is 16.3. The highest BCUT2D eigenvalue weighted by atomic mass is 35.5. The number of hydrogen-bond acceptors (Lipinski definition) is 4. The average Bonchev–Trinajstić information content (AvgIpc) is 2.56. The molecule has 2 N–H and O–H groups in total. The first-order valence-corrected chi connectivity index (χ1v) is 8.88. The number of benzene rings is 2. The van der Waals surface area contributed by atoms with E-state index in [-0.39, 0.29) is 12.3 Å². The van der Waals surface area contributed by atoms with Gasteiger partial charge in [-0.25, -0.2) is 0 Å². The molecule has 142 valence electrons. The first-order chi connectivity index (χ1) is 12.7. The number of alkyl halides is 3. The van der Waals surface area contributed by atoms with Gasteiger partial charge in [0.15, 0.2) is 0 Å². The number of fused-ring (bicyclic) bond motifs is 1. The maximum absolute atomic E-state index is 12.2. The standard InChI is InChI=1S/C17H12ClF3N2O3S/c18-9-1-6-13-12(7-9)23-16(25)14(27-13)8-15(24)22-10-2-4-11(5-3-10)26-17(19,20)21/h1-7,14H,8H2,(H,22,24)(H,23,25). The zero-order chi connectivity index (χ0) is 19.6. The summed E-state index contributed by atoms with van der Waals surface area (Å²) in [5.74, 6) is -1.15. The molecule has 0 radical (unpaired) electrons. The Morgan fingerprint density at radius 1 is 1.22 bits per heavy atom. The van der Waals surface area contributed by atoms with Crippen molar-refractivity contribution >= 4 is 46.6 Å². The summed E-state index contributed by atoms with van der Waals surface area (Å²) in [4.78, 5) is 25.1. The van der Waals surface area contributed by atoms with Crippen LogP contribution < -0.4 is 15.4 Å². The summed E-state index contributed by atoms with van der Waals surface area (Å²) in [5, 5.41) is 5.10. The molecular formula is C17H12ClF3N2O3S. The van der Waals surface area contributed by atoms with E-state index in [4.69, 9.17) is 11.6 Å². The number of anilines is 2. The molecule has 1 atom stereocenters. The second-order valence-corrected chi connectivity index (χ2v) is 7.24. The Labute approximate surface area is 161 Å². The monoisotopic (exact) mass is 416 g/mol. The van der Waals surface area contributed by atoms with Gasteiger partial charge in [0.2, 0.25) is 11.8 Å². The zero-order valence-corrected chi connectivity index (χ0v) is 15.0. The van der Waals surface area contributed by atoms with E-state index in [9.17, 15) is 22.8 Å². The predicted octanol–water partition coefficient (Wildman–Crippen LogP) is 4.68. The summed E-state index contributed by atoms with van der Waals surface area (Å²) in [5.41, 5.74) is 0.886. The molecule has 0 aromatic heterocycles. The number of carbonyl (C=O) groups is 2. The fraction of sp³-hybridized carbons (Fsp3) is 0.176. The third kappa shape index (κ3) is 5.30. The Morgan fingerprint density at radius 2 is 1.93 bits per heavy atom. The van der Waals surface area contributed by atoms with Gasteiger partial charge < -0.3 is 15.4 Å². The van der Waals surface area contributed by atoms with Crippen LogP contribution in [0.4, 0.5) is 24.5 Å². The lowest BCUT2D eigenvalue weighted by atomic mass is 10.2. The van der Waals surface area contributed by atoms with Crippen LogP contribution in [0.1, 0.15) is 6.42 Å². The van der Waals surface area contributed by atoms with Crippen molar-refractivity contribution in [1.82, 2.24) is 0 Å². The maximum atomic E-state index is 12.2. The number of halogens is 4. The number of hydrogen-bond donors (Lipinski definition) is 2. The van der Waals surface area contributed by atoms with Crippen LogP contribution in [0.5, 0.6) is 5.75 Å². The Balaban J connectivity index is 1.59. The Kier molecular flexibility index (Phi) is 5.52. The van der Waals surface area contributed by atoms with E-state index in [0.717, 1.165) is 17.0 Å². The quantitative estimate of drug-likeness (QED) is 0.759. The number of thioether (sulfide) groups is 1. The summed E-state index contributed by atoms with van der Waals surface area (Å²) in [6.45, 7) is 0. The largest absolute Gasteiger partial charge is 0.573 e. The highest BCUT2D eigenvalue weighted by Crippen LogP contribution is 2.38. The molecule has 3 rings (SSSR count). The molecule has 2 aromatic carbocycles. The second kappa shape index (κ2) is 7.69. The number of ether oxygens (including phenoxy) is 1. The lowest BCUT2D eigenvalue weighted by molar-refractivity contribution is -0.274. The van der Waals surface area contributed by atoms with Gasteiger partial charge in [-0.1, -0.05) is 11.6 Å². The molecule has 1 unspecified atom stereocenters. The topological polar surface area (TPSA) is 67.4 Å². The predicted molar refractivity (Wildman–Crippen MR) is 96.1 cm³/mol. The Hall–Kier alpha value is -2.39. The minimum absolute atomic E-state index is 0.0978. The van der Waals surface area contributed by atoms with Gasteiger partial charge in [-0.15, -0.1) is 24.9 Å². The fourth-order valence-electron chi connectivity index (χ4n) is 2.38. The van der Waals surface area contributed by atoms with Gasteiger partial charge in [0, 0.05) is 22.0 Å².